The number of methoxy groups -OCH3 is 1. The molecule has 25 heavy (non-hydrogen) atoms. The summed E-state index contributed by atoms with van der Waals surface area (Å²) in [6.45, 7) is 1.99. The van der Waals surface area contributed by atoms with Crippen molar-refractivity contribution in [3.63, 3.8) is 0 Å². The maximum absolute atomic E-state index is 12.2. The van der Waals surface area contributed by atoms with Crippen LogP contribution in [0.25, 0.3) is 11.3 Å². The summed E-state index contributed by atoms with van der Waals surface area (Å²) in [5, 5.41) is 12.0. The van der Waals surface area contributed by atoms with Crippen molar-refractivity contribution in [1.29, 1.82) is 0 Å². The van der Waals surface area contributed by atoms with Crippen molar-refractivity contribution in [2.24, 2.45) is 5.10 Å². The number of nitrogens with one attached hydrogen (secondary N) is 2. The Balaban J connectivity index is 1.75. The number of anilines is 1. The first-order valence-corrected chi connectivity index (χ1v) is 7.63. The third-order valence-electron chi connectivity index (χ3n) is 3.62. The molecule has 0 saturated carbocycles. The van der Waals surface area contributed by atoms with Crippen LogP contribution in [0.3, 0.4) is 0 Å². The van der Waals surface area contributed by atoms with Gasteiger partial charge in [-0.15, -0.1) is 10.2 Å². The quantitative estimate of drug-likeness (QED) is 0.552. The van der Waals surface area contributed by atoms with Crippen LogP contribution in [-0.4, -0.2) is 28.5 Å². The second-order valence-corrected chi connectivity index (χ2v) is 5.31. The van der Waals surface area contributed by atoms with E-state index < -0.39 is 0 Å². The zero-order valence-electron chi connectivity index (χ0n) is 13.9. The number of ether oxygens (including phenoxy) is 1. The Hall–Kier alpha value is -3.48. The summed E-state index contributed by atoms with van der Waals surface area (Å²) in [4.78, 5) is 14.8. The fraction of sp³-hybridized carbons (Fsp3) is 0.111. The van der Waals surface area contributed by atoms with Gasteiger partial charge in [-0.1, -0.05) is 24.3 Å². The van der Waals surface area contributed by atoms with E-state index in [0.29, 0.717) is 11.3 Å². The third-order valence-corrected chi connectivity index (χ3v) is 3.62. The van der Waals surface area contributed by atoms with Crippen LogP contribution in [0.2, 0.25) is 0 Å². The number of aromatic amines is 1. The number of hydrogen-bond donors (Lipinski definition) is 2. The van der Waals surface area contributed by atoms with Crippen LogP contribution in [0.1, 0.15) is 11.1 Å². The summed E-state index contributed by atoms with van der Waals surface area (Å²) in [7, 11) is 1.58. The van der Waals surface area contributed by atoms with E-state index in [2.05, 4.69) is 25.7 Å². The number of hydrazone groups is 1. The molecule has 0 aliphatic heterocycles. The highest BCUT2D eigenvalue weighted by Crippen LogP contribution is 2.17. The second-order valence-electron chi connectivity index (χ2n) is 5.31. The number of benzene rings is 2. The van der Waals surface area contributed by atoms with Gasteiger partial charge in [-0.3, -0.25) is 9.78 Å². The van der Waals surface area contributed by atoms with E-state index in [1.807, 2.05) is 31.2 Å². The Kier molecular flexibility index (Phi) is 4.84. The molecule has 0 aliphatic carbocycles. The van der Waals surface area contributed by atoms with Crippen LogP contribution < -0.4 is 15.7 Å². The Bertz CT molecular complexity index is 948. The van der Waals surface area contributed by atoms with Gasteiger partial charge in [0.1, 0.15) is 5.75 Å². The summed E-state index contributed by atoms with van der Waals surface area (Å²) >= 11 is 0. The molecule has 1 heterocycles. The lowest BCUT2D eigenvalue weighted by Crippen LogP contribution is -2.15. The summed E-state index contributed by atoms with van der Waals surface area (Å²) in [6.07, 6.45) is 1.66. The van der Waals surface area contributed by atoms with Crippen molar-refractivity contribution in [2.45, 2.75) is 6.92 Å². The number of hydrogen-bond acceptors (Lipinski definition) is 6. The van der Waals surface area contributed by atoms with Gasteiger partial charge in [-0.2, -0.15) is 5.10 Å². The van der Waals surface area contributed by atoms with E-state index >= 15 is 0 Å². The Morgan fingerprint density at radius 3 is 2.56 bits per heavy atom. The normalized spacial score (nSPS) is 10.8. The molecule has 2 aromatic carbocycles. The highest BCUT2D eigenvalue weighted by Gasteiger charge is 2.07. The third kappa shape index (κ3) is 3.89. The molecule has 3 rings (SSSR count). The fourth-order valence-corrected chi connectivity index (χ4v) is 2.22. The van der Waals surface area contributed by atoms with Crippen molar-refractivity contribution in [3.8, 4) is 17.0 Å². The first kappa shape index (κ1) is 16.4. The maximum Gasteiger partial charge on any atom is 0.279 e. The van der Waals surface area contributed by atoms with E-state index in [9.17, 15) is 4.79 Å². The zero-order valence-corrected chi connectivity index (χ0v) is 13.9. The van der Waals surface area contributed by atoms with Gasteiger partial charge in [-0.05, 0) is 42.3 Å². The largest absolute Gasteiger partial charge is 0.497 e. The highest BCUT2D eigenvalue weighted by molar-refractivity contribution is 5.81. The minimum Gasteiger partial charge on any atom is -0.497 e. The molecule has 0 radical (unpaired) electrons. The standard InChI is InChI=1S/C18H17N5O2/c1-12-5-3-4-6-14(12)11-19-22-18-20-17(24)16(21-23-18)13-7-9-15(25-2)10-8-13/h3-11H,1-2H3,(H2,20,22,23,24)/b19-11+. The van der Waals surface area contributed by atoms with Crippen LogP contribution in [0, 0.1) is 6.92 Å². The van der Waals surface area contributed by atoms with Gasteiger partial charge in [0.2, 0.25) is 5.95 Å². The van der Waals surface area contributed by atoms with E-state index in [4.69, 9.17) is 4.74 Å². The molecule has 0 amide bonds. The Morgan fingerprint density at radius 1 is 1.12 bits per heavy atom. The molecular formula is C18H17N5O2. The molecule has 0 saturated heterocycles. The topological polar surface area (TPSA) is 92.3 Å². The predicted octanol–water partition coefficient (Wildman–Crippen LogP) is 2.59. The van der Waals surface area contributed by atoms with Crippen molar-refractivity contribution in [2.75, 3.05) is 12.5 Å². The number of nitrogens with zero attached hydrogens (tertiary/aromatic N) is 3. The number of rotatable bonds is 5. The molecule has 3 aromatic rings. The van der Waals surface area contributed by atoms with Gasteiger partial charge in [-0.25, -0.2) is 5.43 Å². The van der Waals surface area contributed by atoms with Gasteiger partial charge in [0, 0.05) is 5.56 Å². The van der Waals surface area contributed by atoms with E-state index in [1.165, 1.54) is 0 Å². The Morgan fingerprint density at radius 2 is 1.88 bits per heavy atom. The summed E-state index contributed by atoms with van der Waals surface area (Å²) < 4.78 is 5.10. The van der Waals surface area contributed by atoms with Gasteiger partial charge in [0.25, 0.3) is 5.56 Å². The molecule has 0 atom stereocenters. The molecule has 0 bridgehead atoms. The molecule has 0 unspecified atom stereocenters. The lowest BCUT2D eigenvalue weighted by molar-refractivity contribution is 0.415. The number of H-pyrrole nitrogens is 1. The molecule has 126 valence electrons. The lowest BCUT2D eigenvalue weighted by Gasteiger charge is -2.03. The highest BCUT2D eigenvalue weighted by atomic mass is 16.5. The number of aryl methyl sites for hydroxylation is 1. The average Bonchev–Trinajstić information content (AvgIpc) is 2.64. The van der Waals surface area contributed by atoms with Gasteiger partial charge < -0.3 is 4.74 Å². The van der Waals surface area contributed by atoms with Crippen LogP contribution in [-0.2, 0) is 0 Å². The second kappa shape index (κ2) is 7.39. The molecule has 2 N–H and O–H groups in total. The maximum atomic E-state index is 12.2. The molecule has 7 heteroatoms. The van der Waals surface area contributed by atoms with Crippen molar-refractivity contribution >= 4 is 12.2 Å². The monoisotopic (exact) mass is 335 g/mol. The summed E-state index contributed by atoms with van der Waals surface area (Å²) in [5.41, 5.74) is 5.29. The predicted molar refractivity (Wildman–Crippen MR) is 97.0 cm³/mol. The summed E-state index contributed by atoms with van der Waals surface area (Å²) in [6, 6.07) is 14.8. The Labute approximate surface area is 144 Å². The average molecular weight is 335 g/mol. The molecule has 0 aliphatic rings. The molecule has 0 fully saturated rings. The fourth-order valence-electron chi connectivity index (χ4n) is 2.22. The summed E-state index contributed by atoms with van der Waals surface area (Å²) in [5.74, 6) is 0.879. The smallest absolute Gasteiger partial charge is 0.279 e. The molecule has 1 aromatic heterocycles. The minimum absolute atomic E-state index is 0.173. The zero-order chi connectivity index (χ0) is 17.6. The van der Waals surface area contributed by atoms with Gasteiger partial charge >= 0.3 is 0 Å². The molecule has 0 spiro atoms. The van der Waals surface area contributed by atoms with E-state index in [-0.39, 0.29) is 17.2 Å². The van der Waals surface area contributed by atoms with Gasteiger partial charge in [0.05, 0.1) is 13.3 Å². The lowest BCUT2D eigenvalue weighted by atomic mass is 10.1. The molecule has 7 nitrogen and oxygen atoms in total. The minimum atomic E-state index is -0.353. The van der Waals surface area contributed by atoms with Crippen molar-refractivity contribution in [3.05, 3.63) is 70.0 Å². The number of aromatic nitrogens is 3. The van der Waals surface area contributed by atoms with Crippen LogP contribution in [0.15, 0.2) is 58.4 Å². The van der Waals surface area contributed by atoms with Crippen molar-refractivity contribution < 1.29 is 4.74 Å². The van der Waals surface area contributed by atoms with Crippen LogP contribution in [0.4, 0.5) is 5.95 Å². The first-order valence-electron chi connectivity index (χ1n) is 7.63. The SMILES string of the molecule is COc1ccc(-c2nnc(N/N=C/c3ccccc3C)[nH]c2=O)cc1. The van der Waals surface area contributed by atoms with E-state index in [1.54, 1.807) is 37.6 Å². The molecular weight excluding hydrogens is 318 g/mol. The first-order chi connectivity index (χ1) is 12.2. The van der Waals surface area contributed by atoms with E-state index in [0.717, 1.165) is 11.1 Å². The van der Waals surface area contributed by atoms with Gasteiger partial charge in [0.15, 0.2) is 5.69 Å². The van der Waals surface area contributed by atoms with Crippen LogP contribution in [0.5, 0.6) is 5.75 Å². The van der Waals surface area contributed by atoms with Crippen molar-refractivity contribution in [1.82, 2.24) is 15.2 Å². The van der Waals surface area contributed by atoms with Crippen LogP contribution >= 0.6 is 0 Å².